The van der Waals surface area contributed by atoms with Crippen LogP contribution in [0.25, 0.3) is 0 Å². The molecule has 0 aromatic heterocycles. The predicted molar refractivity (Wildman–Crippen MR) is 61.6 cm³/mol. The predicted octanol–water partition coefficient (Wildman–Crippen LogP) is 0.566. The smallest absolute Gasteiger partial charge is 0.383 e. The molecule has 0 saturated heterocycles. The second-order valence-electron chi connectivity index (χ2n) is 3.72. The molecule has 5 nitrogen and oxygen atoms in total. The first-order valence-electron chi connectivity index (χ1n) is 5.46. The molecule has 0 fully saturated rings. The molecule has 0 heterocycles. The number of alkyl halides is 3. The molecule has 0 aromatic carbocycles. The second-order valence-corrected chi connectivity index (χ2v) is 5.80. The molecule has 0 atom stereocenters. The minimum absolute atomic E-state index is 0.0811. The Morgan fingerprint density at radius 1 is 1.28 bits per heavy atom. The van der Waals surface area contributed by atoms with Gasteiger partial charge in [-0.1, -0.05) is 0 Å². The summed E-state index contributed by atoms with van der Waals surface area (Å²) in [5.41, 5.74) is 5.27. The molecule has 0 aliphatic heterocycles. The molecule has 0 spiro atoms. The van der Waals surface area contributed by atoms with Gasteiger partial charge in [0.1, 0.15) is 0 Å². The van der Waals surface area contributed by atoms with Gasteiger partial charge in [-0.25, -0.2) is 8.42 Å². The first-order valence-corrected chi connectivity index (χ1v) is 7.07. The van der Waals surface area contributed by atoms with Crippen molar-refractivity contribution >= 4 is 10.0 Å². The zero-order chi connectivity index (χ0) is 14.2. The van der Waals surface area contributed by atoms with E-state index in [1.165, 1.54) is 7.11 Å². The fourth-order valence-corrected chi connectivity index (χ4v) is 2.81. The van der Waals surface area contributed by atoms with Crippen LogP contribution in [0.3, 0.4) is 0 Å². The molecule has 0 aliphatic carbocycles. The molecular formula is C9H19F3N2O3S. The molecule has 0 bridgehead atoms. The van der Waals surface area contributed by atoms with Crippen molar-refractivity contribution < 1.29 is 26.3 Å². The van der Waals surface area contributed by atoms with Crippen LogP contribution in [-0.2, 0) is 14.8 Å². The van der Waals surface area contributed by atoms with E-state index in [0.717, 1.165) is 4.31 Å². The minimum Gasteiger partial charge on any atom is -0.383 e. The third-order valence-electron chi connectivity index (χ3n) is 2.18. The first kappa shape index (κ1) is 17.6. The summed E-state index contributed by atoms with van der Waals surface area (Å²) in [7, 11) is -2.29. The molecule has 0 radical (unpaired) electrons. The number of ether oxygens (including phenoxy) is 1. The van der Waals surface area contributed by atoms with E-state index in [0.29, 0.717) is 0 Å². The average Bonchev–Trinajstić information content (AvgIpc) is 2.21. The summed E-state index contributed by atoms with van der Waals surface area (Å²) in [6.07, 6.45) is -5.88. The topological polar surface area (TPSA) is 72.6 Å². The summed E-state index contributed by atoms with van der Waals surface area (Å²) in [6, 6.07) is 0. The maximum Gasteiger partial charge on any atom is 0.389 e. The number of rotatable bonds is 9. The second kappa shape index (κ2) is 7.93. The van der Waals surface area contributed by atoms with Crippen molar-refractivity contribution in [1.29, 1.82) is 0 Å². The Bertz CT molecular complexity index is 320. The monoisotopic (exact) mass is 292 g/mol. The van der Waals surface area contributed by atoms with Gasteiger partial charge in [-0.15, -0.1) is 0 Å². The number of hydrogen-bond donors (Lipinski definition) is 1. The molecule has 0 rings (SSSR count). The van der Waals surface area contributed by atoms with Gasteiger partial charge in [0.15, 0.2) is 0 Å². The quantitative estimate of drug-likeness (QED) is 0.674. The van der Waals surface area contributed by atoms with Crippen LogP contribution < -0.4 is 5.73 Å². The summed E-state index contributed by atoms with van der Waals surface area (Å²) >= 11 is 0. The summed E-state index contributed by atoms with van der Waals surface area (Å²) in [5.74, 6) is -0.532. The van der Waals surface area contributed by atoms with Gasteiger partial charge >= 0.3 is 6.18 Å². The van der Waals surface area contributed by atoms with Gasteiger partial charge in [0.2, 0.25) is 10.0 Å². The highest BCUT2D eigenvalue weighted by molar-refractivity contribution is 7.89. The van der Waals surface area contributed by atoms with Crippen LogP contribution in [0.15, 0.2) is 0 Å². The number of hydrogen-bond acceptors (Lipinski definition) is 4. The highest BCUT2D eigenvalue weighted by Gasteiger charge is 2.28. The summed E-state index contributed by atoms with van der Waals surface area (Å²) < 4.78 is 65.1. The fourth-order valence-electron chi connectivity index (χ4n) is 1.31. The van der Waals surface area contributed by atoms with Crippen LogP contribution in [0.2, 0.25) is 0 Å². The summed E-state index contributed by atoms with van der Waals surface area (Å²) in [6.45, 7) is 0.473. The summed E-state index contributed by atoms with van der Waals surface area (Å²) in [5, 5.41) is 0. The molecule has 0 unspecified atom stereocenters. The van der Waals surface area contributed by atoms with E-state index in [9.17, 15) is 21.6 Å². The van der Waals surface area contributed by atoms with E-state index in [1.54, 1.807) is 0 Å². The molecule has 0 amide bonds. The van der Waals surface area contributed by atoms with Crippen LogP contribution in [0.5, 0.6) is 0 Å². The Labute approximate surface area is 105 Å². The zero-order valence-electron chi connectivity index (χ0n) is 10.2. The zero-order valence-corrected chi connectivity index (χ0v) is 11.1. The van der Waals surface area contributed by atoms with Gasteiger partial charge in [-0.05, 0) is 6.42 Å². The third-order valence-corrected chi connectivity index (χ3v) is 4.14. The van der Waals surface area contributed by atoms with Crippen molar-refractivity contribution in [2.75, 3.05) is 39.1 Å². The van der Waals surface area contributed by atoms with Crippen molar-refractivity contribution in [3.8, 4) is 0 Å². The van der Waals surface area contributed by atoms with Crippen molar-refractivity contribution in [1.82, 2.24) is 4.31 Å². The van der Waals surface area contributed by atoms with E-state index in [-0.39, 0.29) is 26.2 Å². The normalized spacial score (nSPS) is 13.2. The molecule has 0 aliphatic rings. The Hall–Kier alpha value is -0.380. The molecule has 110 valence electrons. The van der Waals surface area contributed by atoms with E-state index in [4.69, 9.17) is 10.5 Å². The van der Waals surface area contributed by atoms with Gasteiger partial charge in [0.25, 0.3) is 0 Å². The maximum atomic E-state index is 11.9. The lowest BCUT2D eigenvalue weighted by Gasteiger charge is -2.21. The Balaban J connectivity index is 4.36. The lowest BCUT2D eigenvalue weighted by Crippen LogP contribution is -2.39. The van der Waals surface area contributed by atoms with E-state index in [1.807, 2.05) is 0 Å². The SMILES string of the molecule is COCCN(CCN)S(=O)(=O)CCCC(F)(F)F. The van der Waals surface area contributed by atoms with E-state index in [2.05, 4.69) is 0 Å². The minimum atomic E-state index is -4.33. The third kappa shape index (κ3) is 7.85. The van der Waals surface area contributed by atoms with E-state index < -0.39 is 34.8 Å². The number of nitrogens with zero attached hydrogens (tertiary/aromatic N) is 1. The Morgan fingerprint density at radius 2 is 1.89 bits per heavy atom. The van der Waals surface area contributed by atoms with Crippen molar-refractivity contribution in [3.05, 3.63) is 0 Å². The number of methoxy groups -OCH3 is 1. The van der Waals surface area contributed by atoms with Crippen LogP contribution in [0.4, 0.5) is 13.2 Å². The summed E-state index contributed by atoms with van der Waals surface area (Å²) in [4.78, 5) is 0. The number of nitrogens with two attached hydrogens (primary N) is 1. The molecule has 0 aromatic rings. The molecule has 0 saturated carbocycles. The molecule has 9 heteroatoms. The Morgan fingerprint density at radius 3 is 2.33 bits per heavy atom. The van der Waals surface area contributed by atoms with Crippen LogP contribution in [0, 0.1) is 0 Å². The maximum absolute atomic E-state index is 11.9. The lowest BCUT2D eigenvalue weighted by atomic mass is 10.3. The molecular weight excluding hydrogens is 273 g/mol. The van der Waals surface area contributed by atoms with Crippen LogP contribution in [-0.4, -0.2) is 58.0 Å². The first-order chi connectivity index (χ1) is 8.23. The average molecular weight is 292 g/mol. The van der Waals surface area contributed by atoms with Crippen molar-refractivity contribution in [2.45, 2.75) is 19.0 Å². The van der Waals surface area contributed by atoms with Gasteiger partial charge in [0.05, 0.1) is 12.4 Å². The highest BCUT2D eigenvalue weighted by Crippen LogP contribution is 2.22. The standard InChI is InChI=1S/C9H19F3N2O3S/c1-17-7-6-14(5-4-13)18(15,16)8-2-3-9(10,11)12/h2-8,13H2,1H3. The van der Waals surface area contributed by atoms with Gasteiger partial charge in [-0.2, -0.15) is 17.5 Å². The highest BCUT2D eigenvalue weighted by atomic mass is 32.2. The lowest BCUT2D eigenvalue weighted by molar-refractivity contribution is -0.134. The van der Waals surface area contributed by atoms with Crippen LogP contribution >= 0.6 is 0 Å². The Kier molecular flexibility index (Phi) is 7.76. The van der Waals surface area contributed by atoms with Gasteiger partial charge in [0, 0.05) is 33.2 Å². The van der Waals surface area contributed by atoms with Crippen molar-refractivity contribution in [3.63, 3.8) is 0 Å². The van der Waals surface area contributed by atoms with Gasteiger partial charge in [-0.3, -0.25) is 0 Å². The molecule has 2 N–H and O–H groups in total. The van der Waals surface area contributed by atoms with Gasteiger partial charge < -0.3 is 10.5 Å². The largest absolute Gasteiger partial charge is 0.389 e. The van der Waals surface area contributed by atoms with E-state index >= 15 is 0 Å². The molecule has 18 heavy (non-hydrogen) atoms. The van der Waals surface area contributed by atoms with Crippen molar-refractivity contribution in [2.24, 2.45) is 5.73 Å². The van der Waals surface area contributed by atoms with Crippen LogP contribution in [0.1, 0.15) is 12.8 Å². The number of halogens is 3. The number of sulfonamides is 1. The fraction of sp³-hybridized carbons (Fsp3) is 1.00.